The van der Waals surface area contributed by atoms with Crippen LogP contribution >= 0.6 is 11.6 Å². The molecule has 1 amide bonds. The van der Waals surface area contributed by atoms with Crippen LogP contribution in [0.5, 0.6) is 0 Å². The Kier molecular flexibility index (Phi) is 4.87. The third kappa shape index (κ3) is 3.65. The number of fused-ring (bicyclic) bond motifs is 1. The highest BCUT2D eigenvalue weighted by atomic mass is 35.5. The zero-order chi connectivity index (χ0) is 14.5. The highest BCUT2D eigenvalue weighted by Gasteiger charge is 2.18. The van der Waals surface area contributed by atoms with Gasteiger partial charge in [-0.05, 0) is 29.7 Å². The van der Waals surface area contributed by atoms with Gasteiger partial charge in [0.2, 0.25) is 0 Å². The molecule has 0 aromatic carbocycles. The summed E-state index contributed by atoms with van der Waals surface area (Å²) in [4.78, 5) is 20.4. The SMILES string of the molecule is CC(C)CNNC(=O)C(Cl)c1cnc2cccnc2c1. The Balaban J connectivity index is 2.06. The Hall–Kier alpha value is -1.72. The average Bonchev–Trinajstić information content (AvgIpc) is 2.45. The molecular formula is C14H17ClN4O. The number of hydrogen-bond donors (Lipinski definition) is 2. The van der Waals surface area contributed by atoms with Gasteiger partial charge in [-0.1, -0.05) is 13.8 Å². The van der Waals surface area contributed by atoms with Gasteiger partial charge in [-0.15, -0.1) is 11.6 Å². The second-order valence-electron chi connectivity index (χ2n) is 4.94. The predicted molar refractivity (Wildman–Crippen MR) is 79.1 cm³/mol. The zero-order valence-electron chi connectivity index (χ0n) is 11.4. The first kappa shape index (κ1) is 14.7. The lowest BCUT2D eigenvalue weighted by Crippen LogP contribution is -2.41. The Morgan fingerprint density at radius 1 is 1.35 bits per heavy atom. The number of hydrogen-bond acceptors (Lipinski definition) is 4. The number of pyridine rings is 2. The van der Waals surface area contributed by atoms with Gasteiger partial charge in [0.15, 0.2) is 0 Å². The van der Waals surface area contributed by atoms with Crippen molar-refractivity contribution in [1.82, 2.24) is 20.8 Å². The van der Waals surface area contributed by atoms with Crippen molar-refractivity contribution < 1.29 is 4.79 Å². The van der Waals surface area contributed by atoms with Crippen LogP contribution in [0.15, 0.2) is 30.6 Å². The molecule has 1 unspecified atom stereocenters. The number of alkyl halides is 1. The minimum atomic E-state index is -0.798. The number of halogens is 1. The standard InChI is InChI=1S/C14H17ClN4O/c1-9(2)7-18-19-14(20)13(15)10-6-12-11(17-8-10)4-3-5-16-12/h3-6,8-9,13,18H,7H2,1-2H3,(H,19,20). The third-order valence-electron chi connectivity index (χ3n) is 2.72. The molecule has 0 bridgehead atoms. The number of nitrogens with one attached hydrogen (secondary N) is 2. The van der Waals surface area contributed by atoms with Crippen molar-refractivity contribution in [2.75, 3.05) is 6.54 Å². The normalized spacial score (nSPS) is 12.6. The molecule has 20 heavy (non-hydrogen) atoms. The lowest BCUT2D eigenvalue weighted by Gasteiger charge is -2.13. The summed E-state index contributed by atoms with van der Waals surface area (Å²) in [7, 11) is 0. The number of amides is 1. The number of aromatic nitrogens is 2. The molecule has 5 nitrogen and oxygen atoms in total. The van der Waals surface area contributed by atoms with E-state index in [9.17, 15) is 4.79 Å². The fourth-order valence-electron chi connectivity index (χ4n) is 1.66. The molecule has 0 radical (unpaired) electrons. The summed E-state index contributed by atoms with van der Waals surface area (Å²) in [5.74, 6) is 0.139. The first-order valence-electron chi connectivity index (χ1n) is 6.45. The Morgan fingerprint density at radius 2 is 2.15 bits per heavy atom. The van der Waals surface area contributed by atoms with Gasteiger partial charge < -0.3 is 0 Å². The maximum atomic E-state index is 11.9. The maximum absolute atomic E-state index is 11.9. The van der Waals surface area contributed by atoms with Crippen LogP contribution in [0.1, 0.15) is 24.8 Å². The van der Waals surface area contributed by atoms with Crippen LogP contribution in [0.4, 0.5) is 0 Å². The fourth-order valence-corrected chi connectivity index (χ4v) is 1.84. The summed E-state index contributed by atoms with van der Waals surface area (Å²) in [5, 5.41) is -0.798. The van der Waals surface area contributed by atoms with E-state index in [0.717, 1.165) is 11.0 Å². The van der Waals surface area contributed by atoms with Crippen LogP contribution in [0.25, 0.3) is 11.0 Å². The van der Waals surface area contributed by atoms with E-state index in [4.69, 9.17) is 11.6 Å². The molecule has 106 valence electrons. The van der Waals surface area contributed by atoms with Gasteiger partial charge in [-0.2, -0.15) is 0 Å². The van der Waals surface area contributed by atoms with Crippen LogP contribution in [0, 0.1) is 5.92 Å². The van der Waals surface area contributed by atoms with Crippen molar-refractivity contribution in [3.63, 3.8) is 0 Å². The molecule has 0 saturated carbocycles. The quantitative estimate of drug-likeness (QED) is 0.655. The Morgan fingerprint density at radius 3 is 2.90 bits per heavy atom. The van der Waals surface area contributed by atoms with Gasteiger partial charge in [-0.25, -0.2) is 5.43 Å². The average molecular weight is 293 g/mol. The van der Waals surface area contributed by atoms with E-state index in [1.165, 1.54) is 0 Å². The van der Waals surface area contributed by atoms with Crippen molar-refractivity contribution in [2.45, 2.75) is 19.2 Å². The minimum absolute atomic E-state index is 0.301. The summed E-state index contributed by atoms with van der Waals surface area (Å²) >= 11 is 6.15. The smallest absolute Gasteiger partial charge is 0.256 e. The number of carbonyl (C=O) groups is 1. The highest BCUT2D eigenvalue weighted by molar-refractivity contribution is 6.30. The van der Waals surface area contributed by atoms with Gasteiger partial charge in [0.25, 0.3) is 5.91 Å². The van der Waals surface area contributed by atoms with Gasteiger partial charge in [0.05, 0.1) is 11.0 Å². The lowest BCUT2D eigenvalue weighted by molar-refractivity contribution is -0.121. The summed E-state index contributed by atoms with van der Waals surface area (Å²) in [6.45, 7) is 4.79. The van der Waals surface area contributed by atoms with Crippen molar-refractivity contribution in [2.24, 2.45) is 5.92 Å². The van der Waals surface area contributed by atoms with E-state index < -0.39 is 5.38 Å². The molecule has 2 N–H and O–H groups in total. The van der Waals surface area contributed by atoms with E-state index in [0.29, 0.717) is 18.0 Å². The molecule has 0 saturated heterocycles. The summed E-state index contributed by atoms with van der Waals surface area (Å²) < 4.78 is 0. The fraction of sp³-hybridized carbons (Fsp3) is 0.357. The number of nitrogens with zero attached hydrogens (tertiary/aromatic N) is 2. The largest absolute Gasteiger partial charge is 0.290 e. The van der Waals surface area contributed by atoms with Crippen LogP contribution in [-0.2, 0) is 4.79 Å². The van der Waals surface area contributed by atoms with Crippen molar-refractivity contribution >= 4 is 28.5 Å². The second kappa shape index (κ2) is 6.63. The number of rotatable bonds is 5. The lowest BCUT2D eigenvalue weighted by atomic mass is 10.1. The third-order valence-corrected chi connectivity index (χ3v) is 3.17. The molecule has 2 aromatic rings. The topological polar surface area (TPSA) is 66.9 Å². The molecule has 2 rings (SSSR count). The van der Waals surface area contributed by atoms with Crippen LogP contribution < -0.4 is 10.9 Å². The van der Waals surface area contributed by atoms with Gasteiger partial charge in [-0.3, -0.25) is 20.2 Å². The summed E-state index contributed by atoms with van der Waals surface area (Å²) in [6.07, 6.45) is 3.28. The maximum Gasteiger partial charge on any atom is 0.256 e. The molecule has 0 fully saturated rings. The molecule has 1 atom stereocenters. The van der Waals surface area contributed by atoms with Gasteiger partial charge >= 0.3 is 0 Å². The predicted octanol–water partition coefficient (Wildman–Crippen LogP) is 2.19. The van der Waals surface area contributed by atoms with Crippen LogP contribution in [-0.4, -0.2) is 22.4 Å². The minimum Gasteiger partial charge on any atom is -0.290 e. The van der Waals surface area contributed by atoms with Crippen LogP contribution in [0.2, 0.25) is 0 Å². The van der Waals surface area contributed by atoms with E-state index in [1.807, 2.05) is 12.1 Å². The van der Waals surface area contributed by atoms with Gasteiger partial charge in [0, 0.05) is 18.9 Å². The molecule has 2 heterocycles. The van der Waals surface area contributed by atoms with E-state index in [1.54, 1.807) is 18.5 Å². The monoisotopic (exact) mass is 292 g/mol. The molecule has 6 heteroatoms. The Labute approximate surface area is 122 Å². The second-order valence-corrected chi connectivity index (χ2v) is 5.37. The first-order chi connectivity index (χ1) is 9.58. The molecule has 0 aliphatic rings. The molecule has 0 spiro atoms. The molecule has 0 aliphatic heterocycles. The summed E-state index contributed by atoms with van der Waals surface area (Å²) in [5.41, 5.74) is 7.57. The highest BCUT2D eigenvalue weighted by Crippen LogP contribution is 2.22. The molecular weight excluding hydrogens is 276 g/mol. The van der Waals surface area contributed by atoms with Gasteiger partial charge in [0.1, 0.15) is 5.38 Å². The van der Waals surface area contributed by atoms with Crippen molar-refractivity contribution in [3.8, 4) is 0 Å². The Bertz CT molecular complexity index is 602. The van der Waals surface area contributed by atoms with Crippen molar-refractivity contribution in [1.29, 1.82) is 0 Å². The number of hydrazine groups is 1. The molecule has 2 aromatic heterocycles. The van der Waals surface area contributed by atoms with Crippen LogP contribution in [0.3, 0.4) is 0 Å². The van der Waals surface area contributed by atoms with E-state index >= 15 is 0 Å². The van der Waals surface area contributed by atoms with E-state index in [-0.39, 0.29) is 5.91 Å². The van der Waals surface area contributed by atoms with E-state index in [2.05, 4.69) is 34.7 Å². The summed E-state index contributed by atoms with van der Waals surface area (Å²) in [6, 6.07) is 5.46. The molecule has 0 aliphatic carbocycles. The first-order valence-corrected chi connectivity index (χ1v) is 6.89. The number of carbonyl (C=O) groups excluding carboxylic acids is 1. The van der Waals surface area contributed by atoms with Crippen molar-refractivity contribution in [3.05, 3.63) is 36.2 Å². The zero-order valence-corrected chi connectivity index (χ0v) is 12.2.